The van der Waals surface area contributed by atoms with Crippen molar-refractivity contribution in [3.8, 4) is 0 Å². The fourth-order valence-corrected chi connectivity index (χ4v) is 3.30. The molecule has 3 amide bonds. The molecule has 7 nitrogen and oxygen atoms in total. The highest BCUT2D eigenvalue weighted by Crippen LogP contribution is 2.18. The molecule has 0 unspecified atom stereocenters. The third kappa shape index (κ3) is 4.67. The lowest BCUT2D eigenvalue weighted by Crippen LogP contribution is -2.43. The van der Waals surface area contributed by atoms with Gasteiger partial charge in [0.1, 0.15) is 0 Å². The van der Waals surface area contributed by atoms with Crippen LogP contribution in [0.2, 0.25) is 0 Å². The van der Waals surface area contributed by atoms with E-state index in [1.54, 1.807) is 23.9 Å². The minimum absolute atomic E-state index is 0.00667. The van der Waals surface area contributed by atoms with E-state index in [0.717, 1.165) is 17.0 Å². The number of carbonyl (C=O) groups excluding carboxylic acids is 2. The van der Waals surface area contributed by atoms with Crippen LogP contribution in [0.15, 0.2) is 36.4 Å². The van der Waals surface area contributed by atoms with Gasteiger partial charge in [-0.05, 0) is 17.5 Å². The lowest BCUT2D eigenvalue weighted by molar-refractivity contribution is -0.121. The number of fused-ring (bicyclic) bond motifs is 1. The van der Waals surface area contributed by atoms with Gasteiger partial charge in [-0.2, -0.15) is 5.10 Å². The van der Waals surface area contributed by atoms with Crippen molar-refractivity contribution in [2.24, 2.45) is 0 Å². The molecule has 27 heavy (non-hydrogen) atoms. The standard InChI is InChI=1S/C20H27N5O2/c1-15(16-7-5-4-6-8-16)11-19(26)21-13-17-12-18-14-24(20(27)23(2)3)9-10-25(18)22-17/h4-8,12,15H,9-11,13-14H2,1-3H3,(H,21,26)/t15-/m0/s1. The summed E-state index contributed by atoms with van der Waals surface area (Å²) in [7, 11) is 3.51. The van der Waals surface area contributed by atoms with Crippen LogP contribution in [0.4, 0.5) is 4.79 Å². The summed E-state index contributed by atoms with van der Waals surface area (Å²) in [6, 6.07) is 12.0. The van der Waals surface area contributed by atoms with E-state index < -0.39 is 0 Å². The van der Waals surface area contributed by atoms with Gasteiger partial charge in [0.2, 0.25) is 5.91 Å². The van der Waals surface area contributed by atoms with Crippen LogP contribution in [0.5, 0.6) is 0 Å². The SMILES string of the molecule is C[C@@H](CC(=O)NCc1cc2n(n1)CCN(C(=O)N(C)C)C2)c1ccccc1. The molecule has 144 valence electrons. The fraction of sp³-hybridized carbons (Fsp3) is 0.450. The number of amides is 3. The first-order chi connectivity index (χ1) is 12.9. The van der Waals surface area contributed by atoms with E-state index >= 15 is 0 Å². The van der Waals surface area contributed by atoms with E-state index in [0.29, 0.717) is 32.6 Å². The second-order valence-corrected chi connectivity index (χ2v) is 7.24. The maximum atomic E-state index is 12.3. The van der Waals surface area contributed by atoms with E-state index in [4.69, 9.17) is 0 Å². The second-order valence-electron chi connectivity index (χ2n) is 7.24. The molecule has 0 fully saturated rings. The maximum absolute atomic E-state index is 12.3. The number of hydrogen-bond acceptors (Lipinski definition) is 3. The van der Waals surface area contributed by atoms with E-state index in [1.807, 2.05) is 41.1 Å². The maximum Gasteiger partial charge on any atom is 0.319 e. The normalized spacial score (nSPS) is 14.4. The molecule has 0 aliphatic carbocycles. The number of nitrogens with zero attached hydrogens (tertiary/aromatic N) is 4. The van der Waals surface area contributed by atoms with Crippen LogP contribution >= 0.6 is 0 Å². The molecule has 1 aliphatic heterocycles. The molecule has 2 heterocycles. The van der Waals surface area contributed by atoms with Gasteiger partial charge < -0.3 is 15.1 Å². The third-order valence-electron chi connectivity index (χ3n) is 4.83. The van der Waals surface area contributed by atoms with Gasteiger partial charge in [0.25, 0.3) is 0 Å². The lowest BCUT2D eigenvalue weighted by atomic mass is 9.97. The van der Waals surface area contributed by atoms with Crippen LogP contribution in [-0.4, -0.2) is 52.2 Å². The van der Waals surface area contributed by atoms with Crippen molar-refractivity contribution in [2.75, 3.05) is 20.6 Å². The highest BCUT2D eigenvalue weighted by Gasteiger charge is 2.23. The molecule has 0 radical (unpaired) electrons. The number of urea groups is 1. The zero-order valence-corrected chi connectivity index (χ0v) is 16.2. The molecular weight excluding hydrogens is 342 g/mol. The smallest absolute Gasteiger partial charge is 0.319 e. The Morgan fingerprint density at radius 2 is 1.96 bits per heavy atom. The lowest BCUT2D eigenvalue weighted by Gasteiger charge is -2.29. The van der Waals surface area contributed by atoms with Crippen molar-refractivity contribution in [3.05, 3.63) is 53.3 Å². The molecule has 2 aromatic rings. The molecule has 1 aromatic carbocycles. The number of nitrogens with one attached hydrogen (secondary N) is 1. The monoisotopic (exact) mass is 369 g/mol. The van der Waals surface area contributed by atoms with Crippen molar-refractivity contribution in [3.63, 3.8) is 0 Å². The molecule has 1 aliphatic rings. The van der Waals surface area contributed by atoms with Gasteiger partial charge in [0.15, 0.2) is 0 Å². The zero-order chi connectivity index (χ0) is 19.4. The van der Waals surface area contributed by atoms with Crippen molar-refractivity contribution in [2.45, 2.75) is 38.9 Å². The topological polar surface area (TPSA) is 70.5 Å². The average molecular weight is 369 g/mol. The molecule has 7 heteroatoms. The van der Waals surface area contributed by atoms with Gasteiger partial charge in [0, 0.05) is 27.1 Å². The number of aromatic nitrogens is 2. The Balaban J connectivity index is 1.52. The summed E-state index contributed by atoms with van der Waals surface area (Å²) in [4.78, 5) is 27.8. The molecule has 1 atom stereocenters. The summed E-state index contributed by atoms with van der Waals surface area (Å²) in [5.41, 5.74) is 2.99. The Kier molecular flexibility index (Phi) is 5.78. The molecule has 0 saturated carbocycles. The fourth-order valence-electron chi connectivity index (χ4n) is 3.30. The van der Waals surface area contributed by atoms with Crippen molar-refractivity contribution in [1.82, 2.24) is 24.9 Å². The van der Waals surface area contributed by atoms with E-state index in [-0.39, 0.29) is 17.9 Å². The van der Waals surface area contributed by atoms with E-state index in [1.165, 1.54) is 0 Å². The van der Waals surface area contributed by atoms with Gasteiger partial charge in [0.05, 0.1) is 31.0 Å². The Labute approximate surface area is 159 Å². The predicted molar refractivity (Wildman–Crippen MR) is 103 cm³/mol. The number of rotatable bonds is 5. The van der Waals surface area contributed by atoms with Crippen molar-refractivity contribution in [1.29, 1.82) is 0 Å². The number of benzene rings is 1. The predicted octanol–water partition coefficient (Wildman–Crippen LogP) is 2.19. The highest BCUT2D eigenvalue weighted by molar-refractivity contribution is 5.76. The quantitative estimate of drug-likeness (QED) is 0.878. The first-order valence-electron chi connectivity index (χ1n) is 9.27. The van der Waals surface area contributed by atoms with Gasteiger partial charge >= 0.3 is 6.03 Å². The molecule has 0 saturated heterocycles. The number of carbonyl (C=O) groups is 2. The summed E-state index contributed by atoms with van der Waals surface area (Å²) in [5, 5.41) is 7.51. The largest absolute Gasteiger partial charge is 0.350 e. The minimum Gasteiger partial charge on any atom is -0.350 e. The Morgan fingerprint density at radius 1 is 1.22 bits per heavy atom. The average Bonchev–Trinajstić information content (AvgIpc) is 3.08. The van der Waals surface area contributed by atoms with Crippen LogP contribution in [0.3, 0.4) is 0 Å². The zero-order valence-electron chi connectivity index (χ0n) is 16.2. The summed E-state index contributed by atoms with van der Waals surface area (Å²) < 4.78 is 1.92. The van der Waals surface area contributed by atoms with E-state index in [2.05, 4.69) is 17.3 Å². The van der Waals surface area contributed by atoms with Gasteiger partial charge in [-0.15, -0.1) is 0 Å². The second kappa shape index (κ2) is 8.24. The van der Waals surface area contributed by atoms with Crippen LogP contribution < -0.4 is 5.32 Å². The van der Waals surface area contributed by atoms with Crippen LogP contribution in [0.25, 0.3) is 0 Å². The first kappa shape index (κ1) is 18.9. The molecule has 1 aromatic heterocycles. The van der Waals surface area contributed by atoms with Gasteiger partial charge in [-0.3, -0.25) is 9.48 Å². The number of hydrogen-bond donors (Lipinski definition) is 1. The summed E-state index contributed by atoms with van der Waals surface area (Å²) in [6.07, 6.45) is 0.447. The third-order valence-corrected chi connectivity index (χ3v) is 4.83. The minimum atomic E-state index is 0.00667. The van der Waals surface area contributed by atoms with Crippen LogP contribution in [0.1, 0.15) is 36.2 Å². The van der Waals surface area contributed by atoms with Crippen molar-refractivity contribution >= 4 is 11.9 Å². The summed E-state index contributed by atoms with van der Waals surface area (Å²) in [6.45, 7) is 4.32. The molecule has 0 bridgehead atoms. The molecule has 0 spiro atoms. The Morgan fingerprint density at radius 3 is 2.67 bits per heavy atom. The van der Waals surface area contributed by atoms with Crippen LogP contribution in [0, 0.1) is 0 Å². The Bertz CT molecular complexity index is 800. The van der Waals surface area contributed by atoms with Crippen molar-refractivity contribution < 1.29 is 9.59 Å². The summed E-state index contributed by atoms with van der Waals surface area (Å²) >= 11 is 0. The van der Waals surface area contributed by atoms with Gasteiger partial charge in [-0.1, -0.05) is 37.3 Å². The first-order valence-corrected chi connectivity index (χ1v) is 9.27. The van der Waals surface area contributed by atoms with Crippen LogP contribution in [-0.2, 0) is 24.4 Å². The molecule has 3 rings (SSSR count). The van der Waals surface area contributed by atoms with E-state index in [9.17, 15) is 9.59 Å². The molecular formula is C20H27N5O2. The van der Waals surface area contributed by atoms with Gasteiger partial charge in [-0.25, -0.2) is 4.79 Å². The Hall–Kier alpha value is -2.83. The highest BCUT2D eigenvalue weighted by atomic mass is 16.2. The summed E-state index contributed by atoms with van der Waals surface area (Å²) in [5.74, 6) is 0.189. The molecule has 1 N–H and O–H groups in total.